The van der Waals surface area contributed by atoms with Gasteiger partial charge < -0.3 is 20.3 Å². The number of ether oxygens (including phenoxy) is 1. The van der Waals surface area contributed by atoms with Crippen molar-refractivity contribution in [2.75, 3.05) is 32.8 Å². The number of hydrogen-bond acceptors (Lipinski definition) is 4. The average molecular weight is 452 g/mol. The predicted molar refractivity (Wildman–Crippen MR) is 103 cm³/mol. The van der Waals surface area contributed by atoms with Gasteiger partial charge in [-0.25, -0.2) is 4.99 Å². The second-order valence-corrected chi connectivity index (χ2v) is 6.03. The lowest BCUT2D eigenvalue weighted by Gasteiger charge is -2.33. The third-order valence-corrected chi connectivity index (χ3v) is 4.06. The summed E-state index contributed by atoms with van der Waals surface area (Å²) in [7, 11) is 0. The van der Waals surface area contributed by atoms with Crippen LogP contribution in [0.1, 0.15) is 39.5 Å². The van der Waals surface area contributed by atoms with E-state index >= 15 is 0 Å². The van der Waals surface area contributed by atoms with Crippen LogP contribution in [0.4, 0.5) is 0 Å². The van der Waals surface area contributed by atoms with E-state index in [1.165, 1.54) is 0 Å². The highest BCUT2D eigenvalue weighted by molar-refractivity contribution is 14.0. The topological polar surface area (TPSA) is 83.0 Å². The number of piperidine rings is 1. The van der Waals surface area contributed by atoms with Gasteiger partial charge in [0.05, 0.1) is 12.5 Å². The van der Waals surface area contributed by atoms with Gasteiger partial charge in [0.2, 0.25) is 5.91 Å². The fourth-order valence-electron chi connectivity index (χ4n) is 2.66. The summed E-state index contributed by atoms with van der Waals surface area (Å²) in [5.74, 6) is 0.607. The van der Waals surface area contributed by atoms with Gasteiger partial charge in [0, 0.05) is 25.7 Å². The van der Waals surface area contributed by atoms with Crippen molar-refractivity contribution < 1.29 is 14.3 Å². The lowest BCUT2D eigenvalue weighted by molar-refractivity contribution is -0.149. The van der Waals surface area contributed by atoms with Gasteiger partial charge >= 0.3 is 5.97 Å². The van der Waals surface area contributed by atoms with Gasteiger partial charge in [0.1, 0.15) is 6.54 Å². The van der Waals surface area contributed by atoms with Crippen molar-refractivity contribution >= 4 is 41.8 Å². The third-order valence-electron chi connectivity index (χ3n) is 4.06. The molecule has 24 heavy (non-hydrogen) atoms. The average Bonchev–Trinajstić information content (AvgIpc) is 3.36. The first kappa shape index (κ1) is 21.0. The molecule has 1 aliphatic carbocycles. The normalized spacial score (nSPS) is 18.6. The quantitative estimate of drug-likeness (QED) is 0.273. The molecule has 2 N–H and O–H groups in total. The van der Waals surface area contributed by atoms with Gasteiger partial charge in [-0.1, -0.05) is 0 Å². The summed E-state index contributed by atoms with van der Waals surface area (Å²) in [4.78, 5) is 30.1. The standard InChI is InChI=1S/C16H28N4O3.HI/c1-3-17-16(18-11-14(21)19-13-5-6-13)20-9-7-12(8-10-20)15(22)23-4-2;/h12-13H,3-11H2,1-2H3,(H,17,18)(H,19,21);1H. The molecule has 1 aliphatic heterocycles. The summed E-state index contributed by atoms with van der Waals surface area (Å²) >= 11 is 0. The maximum atomic E-state index is 11.8. The zero-order chi connectivity index (χ0) is 16.7. The minimum atomic E-state index is -0.0992. The van der Waals surface area contributed by atoms with Gasteiger partial charge in [0.15, 0.2) is 5.96 Å². The number of rotatable bonds is 6. The summed E-state index contributed by atoms with van der Waals surface area (Å²) in [6.45, 7) is 6.66. The van der Waals surface area contributed by atoms with Crippen LogP contribution in [0, 0.1) is 5.92 Å². The molecule has 7 nitrogen and oxygen atoms in total. The molecule has 1 saturated carbocycles. The molecule has 1 amide bonds. The Kier molecular flexibility index (Phi) is 9.38. The number of hydrogen-bond donors (Lipinski definition) is 2. The fraction of sp³-hybridized carbons (Fsp3) is 0.812. The minimum absolute atomic E-state index is 0. The first-order chi connectivity index (χ1) is 11.1. The lowest BCUT2D eigenvalue weighted by atomic mass is 9.97. The van der Waals surface area contributed by atoms with Crippen LogP contribution in [0.2, 0.25) is 0 Å². The Hall–Kier alpha value is -1.06. The maximum Gasteiger partial charge on any atom is 0.309 e. The van der Waals surface area contributed by atoms with Crippen molar-refractivity contribution in [1.82, 2.24) is 15.5 Å². The molecule has 0 aromatic heterocycles. The van der Waals surface area contributed by atoms with E-state index < -0.39 is 0 Å². The van der Waals surface area contributed by atoms with Crippen molar-refractivity contribution in [3.63, 3.8) is 0 Å². The van der Waals surface area contributed by atoms with Crippen LogP contribution in [0.5, 0.6) is 0 Å². The van der Waals surface area contributed by atoms with Crippen LogP contribution in [-0.4, -0.2) is 61.6 Å². The molecule has 2 rings (SSSR count). The Morgan fingerprint density at radius 3 is 2.38 bits per heavy atom. The predicted octanol–water partition coefficient (Wildman–Crippen LogP) is 1.12. The molecule has 2 fully saturated rings. The molecular formula is C16H29IN4O3. The largest absolute Gasteiger partial charge is 0.466 e. The third kappa shape index (κ3) is 6.82. The highest BCUT2D eigenvalue weighted by Gasteiger charge is 2.27. The molecule has 138 valence electrons. The summed E-state index contributed by atoms with van der Waals surface area (Å²) in [5, 5.41) is 6.16. The molecule has 0 radical (unpaired) electrons. The zero-order valence-electron chi connectivity index (χ0n) is 14.5. The SMILES string of the molecule is CCNC(=NCC(=O)NC1CC1)N1CCC(C(=O)OCC)CC1.I. The molecule has 1 heterocycles. The number of aliphatic imine (C=N–C) groups is 1. The van der Waals surface area contributed by atoms with Crippen molar-refractivity contribution in [3.8, 4) is 0 Å². The minimum Gasteiger partial charge on any atom is -0.466 e. The molecule has 0 unspecified atom stereocenters. The number of nitrogens with zero attached hydrogens (tertiary/aromatic N) is 2. The second-order valence-electron chi connectivity index (χ2n) is 6.03. The molecule has 0 atom stereocenters. The van der Waals surface area contributed by atoms with E-state index in [0.29, 0.717) is 12.6 Å². The summed E-state index contributed by atoms with van der Waals surface area (Å²) in [6.07, 6.45) is 3.68. The second kappa shape index (κ2) is 10.7. The molecule has 8 heteroatoms. The van der Waals surface area contributed by atoms with E-state index in [4.69, 9.17) is 4.74 Å². The van der Waals surface area contributed by atoms with Crippen molar-refractivity contribution in [2.24, 2.45) is 10.9 Å². The van der Waals surface area contributed by atoms with Crippen molar-refractivity contribution in [2.45, 2.75) is 45.6 Å². The van der Waals surface area contributed by atoms with E-state index in [1.807, 2.05) is 13.8 Å². The number of amides is 1. The van der Waals surface area contributed by atoms with Crippen LogP contribution in [-0.2, 0) is 14.3 Å². The molecule has 1 saturated heterocycles. The maximum absolute atomic E-state index is 11.8. The number of guanidine groups is 1. The molecule has 2 aliphatic rings. The summed E-state index contributed by atoms with van der Waals surface area (Å²) < 4.78 is 5.09. The first-order valence-electron chi connectivity index (χ1n) is 8.63. The molecular weight excluding hydrogens is 423 g/mol. The number of halogens is 1. The van der Waals surface area contributed by atoms with Crippen molar-refractivity contribution in [3.05, 3.63) is 0 Å². The highest BCUT2D eigenvalue weighted by atomic mass is 127. The van der Waals surface area contributed by atoms with E-state index in [9.17, 15) is 9.59 Å². The summed E-state index contributed by atoms with van der Waals surface area (Å²) in [5.41, 5.74) is 0. The number of nitrogens with one attached hydrogen (secondary N) is 2. The Labute approximate surface area is 161 Å². The Morgan fingerprint density at radius 2 is 1.83 bits per heavy atom. The van der Waals surface area contributed by atoms with Crippen LogP contribution in [0.3, 0.4) is 0 Å². The Balaban J connectivity index is 0.00000288. The first-order valence-corrected chi connectivity index (χ1v) is 8.63. The van der Waals surface area contributed by atoms with E-state index in [1.54, 1.807) is 0 Å². The van der Waals surface area contributed by atoms with E-state index in [-0.39, 0.29) is 48.3 Å². The lowest BCUT2D eigenvalue weighted by Crippen LogP contribution is -2.47. The summed E-state index contributed by atoms with van der Waals surface area (Å²) in [6, 6.07) is 0.362. The van der Waals surface area contributed by atoms with E-state index in [2.05, 4.69) is 20.5 Å². The van der Waals surface area contributed by atoms with Gasteiger partial charge in [-0.05, 0) is 39.5 Å². The molecule has 0 aromatic rings. The van der Waals surface area contributed by atoms with Gasteiger partial charge in [-0.3, -0.25) is 9.59 Å². The van der Waals surface area contributed by atoms with Crippen LogP contribution < -0.4 is 10.6 Å². The number of carbonyl (C=O) groups is 2. The number of esters is 1. The highest BCUT2D eigenvalue weighted by Crippen LogP contribution is 2.19. The van der Waals surface area contributed by atoms with Crippen LogP contribution in [0.25, 0.3) is 0 Å². The molecule has 0 bridgehead atoms. The molecule has 0 spiro atoms. The van der Waals surface area contributed by atoms with Gasteiger partial charge in [0.25, 0.3) is 0 Å². The van der Waals surface area contributed by atoms with Crippen LogP contribution in [0.15, 0.2) is 4.99 Å². The number of carbonyl (C=O) groups excluding carboxylic acids is 2. The molecule has 0 aromatic carbocycles. The smallest absolute Gasteiger partial charge is 0.309 e. The Bertz CT molecular complexity index is 447. The van der Waals surface area contributed by atoms with Gasteiger partial charge in [-0.2, -0.15) is 0 Å². The van der Waals surface area contributed by atoms with Crippen LogP contribution >= 0.6 is 24.0 Å². The fourth-order valence-corrected chi connectivity index (χ4v) is 2.66. The monoisotopic (exact) mass is 452 g/mol. The Morgan fingerprint density at radius 1 is 1.17 bits per heavy atom. The van der Waals surface area contributed by atoms with E-state index in [0.717, 1.165) is 51.3 Å². The van der Waals surface area contributed by atoms with Crippen molar-refractivity contribution in [1.29, 1.82) is 0 Å². The number of likely N-dealkylation sites (tertiary alicyclic amines) is 1. The zero-order valence-corrected chi connectivity index (χ0v) is 16.9. The van der Waals surface area contributed by atoms with Gasteiger partial charge in [-0.15, -0.1) is 24.0 Å².